The molecule has 0 atom stereocenters. The number of carbonyl (C=O) groups is 1. The lowest BCUT2D eigenvalue weighted by Gasteiger charge is -2.07. The minimum atomic E-state index is -0.514. The first-order valence-electron chi connectivity index (χ1n) is 3.87. The molecule has 0 heterocycles. The molecule has 0 radical (unpaired) electrons. The van der Waals surface area contributed by atoms with Gasteiger partial charge in [0.1, 0.15) is 5.75 Å². The number of ether oxygens (including phenoxy) is 1. The van der Waals surface area contributed by atoms with Crippen LogP contribution in [0, 0.1) is 0 Å². The Morgan fingerprint density at radius 2 is 2.31 bits per heavy atom. The number of carbonyl (C=O) groups excluding carboxylic acids is 1. The van der Waals surface area contributed by atoms with Crippen LogP contribution in [0.2, 0.25) is 5.02 Å². The lowest BCUT2D eigenvalue weighted by atomic mass is 10.2. The molecule has 0 saturated heterocycles. The van der Waals surface area contributed by atoms with E-state index in [9.17, 15) is 4.79 Å². The Morgan fingerprint density at radius 1 is 1.62 bits per heavy atom. The number of benzene rings is 1. The second-order valence-corrected chi connectivity index (χ2v) is 2.87. The molecular weight excluding hydrogens is 190 g/mol. The second kappa shape index (κ2) is 4.14. The molecule has 0 saturated carbocycles. The van der Waals surface area contributed by atoms with E-state index in [0.29, 0.717) is 22.9 Å². The van der Waals surface area contributed by atoms with E-state index >= 15 is 0 Å². The quantitative estimate of drug-likeness (QED) is 0.808. The average molecular weight is 200 g/mol. The predicted octanol–water partition coefficient (Wildman–Crippen LogP) is 1.84. The van der Waals surface area contributed by atoms with E-state index in [1.807, 2.05) is 6.92 Å². The van der Waals surface area contributed by atoms with Crippen LogP contribution in [0.4, 0.5) is 0 Å². The molecule has 3 nitrogen and oxygen atoms in total. The van der Waals surface area contributed by atoms with E-state index in [1.165, 1.54) is 0 Å². The highest BCUT2D eigenvalue weighted by molar-refractivity contribution is 6.30. The number of hydrogen-bond donors (Lipinski definition) is 1. The molecule has 0 bridgehead atoms. The van der Waals surface area contributed by atoms with Gasteiger partial charge in [0.05, 0.1) is 12.2 Å². The molecule has 1 aromatic carbocycles. The summed E-state index contributed by atoms with van der Waals surface area (Å²) in [5, 5.41) is 0.522. The van der Waals surface area contributed by atoms with Gasteiger partial charge in [0.15, 0.2) is 0 Å². The van der Waals surface area contributed by atoms with Gasteiger partial charge in [0, 0.05) is 5.02 Å². The maximum Gasteiger partial charge on any atom is 0.252 e. The molecule has 1 rings (SSSR count). The van der Waals surface area contributed by atoms with Crippen molar-refractivity contribution < 1.29 is 9.53 Å². The van der Waals surface area contributed by atoms with Crippen LogP contribution >= 0.6 is 11.6 Å². The number of halogens is 1. The van der Waals surface area contributed by atoms with Gasteiger partial charge in [0.2, 0.25) is 0 Å². The van der Waals surface area contributed by atoms with Gasteiger partial charge in [0.25, 0.3) is 5.91 Å². The first-order valence-corrected chi connectivity index (χ1v) is 4.25. The molecule has 0 spiro atoms. The second-order valence-electron chi connectivity index (χ2n) is 2.44. The third-order valence-corrected chi connectivity index (χ3v) is 1.74. The van der Waals surface area contributed by atoms with Crippen molar-refractivity contribution in [3.05, 3.63) is 28.8 Å². The van der Waals surface area contributed by atoms with Gasteiger partial charge in [-0.25, -0.2) is 0 Å². The molecule has 0 aliphatic carbocycles. The third kappa shape index (κ3) is 2.36. The largest absolute Gasteiger partial charge is 0.493 e. The molecule has 70 valence electrons. The molecular formula is C9H10ClNO2. The number of amides is 1. The Labute approximate surface area is 81.4 Å². The van der Waals surface area contributed by atoms with Crippen LogP contribution in [0.3, 0.4) is 0 Å². The summed E-state index contributed by atoms with van der Waals surface area (Å²) in [6.07, 6.45) is 0. The van der Waals surface area contributed by atoms with Crippen LogP contribution in [-0.2, 0) is 0 Å². The van der Waals surface area contributed by atoms with Gasteiger partial charge in [-0.05, 0) is 25.1 Å². The van der Waals surface area contributed by atoms with E-state index in [-0.39, 0.29) is 0 Å². The summed E-state index contributed by atoms with van der Waals surface area (Å²) < 4.78 is 5.19. The van der Waals surface area contributed by atoms with E-state index in [2.05, 4.69) is 0 Å². The van der Waals surface area contributed by atoms with Gasteiger partial charge >= 0.3 is 0 Å². The molecule has 0 unspecified atom stereocenters. The monoisotopic (exact) mass is 199 g/mol. The predicted molar refractivity (Wildman–Crippen MR) is 51.1 cm³/mol. The van der Waals surface area contributed by atoms with Crippen molar-refractivity contribution in [3.8, 4) is 5.75 Å². The molecule has 2 N–H and O–H groups in total. The Kier molecular flexibility index (Phi) is 3.14. The third-order valence-electron chi connectivity index (χ3n) is 1.51. The summed E-state index contributed by atoms with van der Waals surface area (Å²) in [4.78, 5) is 10.9. The first kappa shape index (κ1) is 9.86. The van der Waals surface area contributed by atoms with Crippen LogP contribution < -0.4 is 10.5 Å². The zero-order valence-electron chi connectivity index (χ0n) is 7.21. The Bertz CT molecular complexity index is 325. The number of hydrogen-bond acceptors (Lipinski definition) is 2. The van der Waals surface area contributed by atoms with Gasteiger partial charge < -0.3 is 10.5 Å². The zero-order chi connectivity index (χ0) is 9.84. The van der Waals surface area contributed by atoms with Crippen molar-refractivity contribution in [1.29, 1.82) is 0 Å². The van der Waals surface area contributed by atoms with Crippen molar-refractivity contribution in [2.75, 3.05) is 6.61 Å². The van der Waals surface area contributed by atoms with Crippen LogP contribution in [0.15, 0.2) is 18.2 Å². The fraction of sp³-hybridized carbons (Fsp3) is 0.222. The average Bonchev–Trinajstić information content (AvgIpc) is 2.04. The standard InChI is InChI=1S/C9H10ClNO2/c1-2-13-8-5-6(10)3-4-7(8)9(11)12/h3-5H,2H2,1H3,(H2,11,12). The highest BCUT2D eigenvalue weighted by Gasteiger charge is 2.08. The molecule has 0 fully saturated rings. The van der Waals surface area contributed by atoms with E-state index < -0.39 is 5.91 Å². The van der Waals surface area contributed by atoms with Crippen LogP contribution in [-0.4, -0.2) is 12.5 Å². The molecule has 0 aromatic heterocycles. The van der Waals surface area contributed by atoms with E-state index in [1.54, 1.807) is 18.2 Å². The van der Waals surface area contributed by atoms with Gasteiger partial charge in [-0.1, -0.05) is 11.6 Å². The zero-order valence-corrected chi connectivity index (χ0v) is 7.97. The highest BCUT2D eigenvalue weighted by atomic mass is 35.5. The summed E-state index contributed by atoms with van der Waals surface area (Å²) in [5.74, 6) is -0.0809. The SMILES string of the molecule is CCOc1cc(Cl)ccc1C(N)=O. The molecule has 0 aliphatic rings. The van der Waals surface area contributed by atoms with Gasteiger partial charge in [-0.15, -0.1) is 0 Å². The minimum Gasteiger partial charge on any atom is -0.493 e. The van der Waals surface area contributed by atoms with Gasteiger partial charge in [-0.2, -0.15) is 0 Å². The fourth-order valence-electron chi connectivity index (χ4n) is 0.975. The molecule has 4 heteroatoms. The van der Waals surface area contributed by atoms with Crippen molar-refractivity contribution >= 4 is 17.5 Å². The number of nitrogens with two attached hydrogens (primary N) is 1. The van der Waals surface area contributed by atoms with Crippen molar-refractivity contribution in [2.24, 2.45) is 5.73 Å². The van der Waals surface area contributed by atoms with Crippen molar-refractivity contribution in [3.63, 3.8) is 0 Å². The topological polar surface area (TPSA) is 52.3 Å². The number of primary amides is 1. The molecule has 1 aromatic rings. The maximum absolute atomic E-state index is 10.9. The summed E-state index contributed by atoms with van der Waals surface area (Å²) in [6, 6.07) is 4.73. The Balaban J connectivity index is 3.10. The molecule has 0 aliphatic heterocycles. The van der Waals surface area contributed by atoms with Crippen LogP contribution in [0.5, 0.6) is 5.75 Å². The van der Waals surface area contributed by atoms with Crippen LogP contribution in [0.1, 0.15) is 17.3 Å². The Morgan fingerprint density at radius 3 is 2.85 bits per heavy atom. The van der Waals surface area contributed by atoms with E-state index in [4.69, 9.17) is 22.1 Å². The summed E-state index contributed by atoms with van der Waals surface area (Å²) in [5.41, 5.74) is 5.49. The minimum absolute atomic E-state index is 0.353. The maximum atomic E-state index is 10.9. The van der Waals surface area contributed by atoms with Crippen molar-refractivity contribution in [2.45, 2.75) is 6.92 Å². The first-order chi connectivity index (χ1) is 6.15. The summed E-state index contributed by atoms with van der Waals surface area (Å²) >= 11 is 5.73. The lowest BCUT2D eigenvalue weighted by Crippen LogP contribution is -2.12. The highest BCUT2D eigenvalue weighted by Crippen LogP contribution is 2.22. The normalized spacial score (nSPS) is 9.69. The molecule has 13 heavy (non-hydrogen) atoms. The van der Waals surface area contributed by atoms with Crippen LogP contribution in [0.25, 0.3) is 0 Å². The number of rotatable bonds is 3. The summed E-state index contributed by atoms with van der Waals surface area (Å²) in [6.45, 7) is 2.30. The van der Waals surface area contributed by atoms with Gasteiger partial charge in [-0.3, -0.25) is 4.79 Å². The van der Waals surface area contributed by atoms with Crippen molar-refractivity contribution in [1.82, 2.24) is 0 Å². The smallest absolute Gasteiger partial charge is 0.252 e. The summed E-state index contributed by atoms with van der Waals surface area (Å²) in [7, 11) is 0. The fourth-order valence-corrected chi connectivity index (χ4v) is 1.14. The molecule has 1 amide bonds. The Hall–Kier alpha value is -1.22. The van der Waals surface area contributed by atoms with E-state index in [0.717, 1.165) is 0 Å². The lowest BCUT2D eigenvalue weighted by molar-refractivity contribution is 0.0996.